The van der Waals surface area contributed by atoms with Gasteiger partial charge in [0, 0.05) is 17.4 Å². The van der Waals surface area contributed by atoms with Crippen LogP contribution in [0.3, 0.4) is 0 Å². The number of carbonyl (C=O) groups is 1. The summed E-state index contributed by atoms with van der Waals surface area (Å²) in [5, 5.41) is 5.73. The van der Waals surface area contributed by atoms with Crippen molar-refractivity contribution >= 4 is 27.7 Å². The van der Waals surface area contributed by atoms with Gasteiger partial charge in [0.2, 0.25) is 0 Å². The van der Waals surface area contributed by atoms with Gasteiger partial charge in [-0.05, 0) is 23.9 Å². The number of hydrogen-bond acceptors (Lipinski definition) is 3. The number of rotatable bonds is 4. The molecule has 0 spiro atoms. The summed E-state index contributed by atoms with van der Waals surface area (Å²) in [7, 11) is 0. The molecule has 0 unspecified atom stereocenters. The Bertz CT molecular complexity index is 694. The van der Waals surface area contributed by atoms with Crippen LogP contribution >= 0.6 is 11.3 Å². The quantitative estimate of drug-likeness (QED) is 0.672. The van der Waals surface area contributed by atoms with Gasteiger partial charge in [-0.3, -0.25) is 9.48 Å². The molecule has 96 valence electrons. The van der Waals surface area contributed by atoms with Crippen molar-refractivity contribution in [1.29, 1.82) is 0 Å². The minimum atomic E-state index is 0.667. The second-order valence-electron chi connectivity index (χ2n) is 4.46. The van der Waals surface area contributed by atoms with E-state index < -0.39 is 0 Å². The van der Waals surface area contributed by atoms with Gasteiger partial charge < -0.3 is 0 Å². The van der Waals surface area contributed by atoms with E-state index in [0.717, 1.165) is 29.8 Å². The summed E-state index contributed by atoms with van der Waals surface area (Å²) in [5.41, 5.74) is 1.46. The highest BCUT2D eigenvalue weighted by Gasteiger charge is 2.13. The molecular formula is C15H14N2OS. The zero-order chi connectivity index (χ0) is 13.2. The lowest BCUT2D eigenvalue weighted by atomic mass is 10.2. The Hall–Kier alpha value is -1.94. The van der Waals surface area contributed by atoms with Crippen molar-refractivity contribution in [3.05, 3.63) is 42.1 Å². The van der Waals surface area contributed by atoms with Gasteiger partial charge in [0.25, 0.3) is 0 Å². The lowest BCUT2D eigenvalue weighted by Gasteiger charge is -1.95. The normalized spacial score (nSPS) is 11.0. The first kappa shape index (κ1) is 12.1. The number of fused-ring (bicyclic) bond motifs is 1. The average molecular weight is 270 g/mol. The standard InChI is InChI=1S/C15H14N2OS/c1-2-7-17-9-12(10-18)15(16-17)14-8-11-5-3-4-6-13(11)19-14/h3-6,8-10H,2,7H2,1H3. The van der Waals surface area contributed by atoms with Gasteiger partial charge in [0.05, 0.1) is 10.4 Å². The number of aryl methyl sites for hydroxylation is 1. The van der Waals surface area contributed by atoms with Crippen LogP contribution in [0.25, 0.3) is 20.7 Å². The summed E-state index contributed by atoms with van der Waals surface area (Å²) < 4.78 is 3.07. The summed E-state index contributed by atoms with van der Waals surface area (Å²) in [6.07, 6.45) is 3.72. The van der Waals surface area contributed by atoms with Crippen LogP contribution in [0.2, 0.25) is 0 Å². The third-order valence-electron chi connectivity index (χ3n) is 3.03. The molecule has 3 aromatic rings. The van der Waals surface area contributed by atoms with Crippen LogP contribution in [0.5, 0.6) is 0 Å². The Morgan fingerprint density at radius 1 is 1.37 bits per heavy atom. The number of hydrogen-bond donors (Lipinski definition) is 0. The number of aromatic nitrogens is 2. The highest BCUT2D eigenvalue weighted by atomic mass is 32.1. The Balaban J connectivity index is 2.11. The van der Waals surface area contributed by atoms with Crippen molar-refractivity contribution in [2.75, 3.05) is 0 Å². The maximum Gasteiger partial charge on any atom is 0.153 e. The number of nitrogens with zero attached hydrogens (tertiary/aromatic N) is 2. The second kappa shape index (κ2) is 4.97. The fourth-order valence-corrected chi connectivity index (χ4v) is 3.23. The molecule has 0 aliphatic heterocycles. The summed E-state index contributed by atoms with van der Waals surface area (Å²) in [4.78, 5) is 12.2. The largest absolute Gasteiger partial charge is 0.298 e. The van der Waals surface area contributed by atoms with E-state index in [4.69, 9.17) is 0 Å². The first-order valence-electron chi connectivity index (χ1n) is 6.33. The third kappa shape index (κ3) is 2.19. The van der Waals surface area contributed by atoms with Crippen LogP contribution < -0.4 is 0 Å². The van der Waals surface area contributed by atoms with E-state index in [1.165, 1.54) is 10.1 Å². The van der Waals surface area contributed by atoms with E-state index in [-0.39, 0.29) is 0 Å². The van der Waals surface area contributed by atoms with Gasteiger partial charge in [-0.15, -0.1) is 11.3 Å². The number of aldehydes is 1. The van der Waals surface area contributed by atoms with Crippen LogP contribution in [0.15, 0.2) is 36.5 Å². The Kier molecular flexibility index (Phi) is 3.17. The minimum Gasteiger partial charge on any atom is -0.298 e. The van der Waals surface area contributed by atoms with Gasteiger partial charge in [0.1, 0.15) is 5.69 Å². The number of thiophene rings is 1. The fraction of sp³-hybridized carbons (Fsp3) is 0.200. The maximum atomic E-state index is 11.2. The molecule has 0 saturated heterocycles. The van der Waals surface area contributed by atoms with Crippen molar-refractivity contribution < 1.29 is 4.79 Å². The monoisotopic (exact) mass is 270 g/mol. The fourth-order valence-electron chi connectivity index (χ4n) is 2.16. The average Bonchev–Trinajstić information content (AvgIpc) is 3.01. The first-order chi connectivity index (χ1) is 9.31. The van der Waals surface area contributed by atoms with Gasteiger partial charge >= 0.3 is 0 Å². The molecule has 2 heterocycles. The molecule has 0 atom stereocenters. The first-order valence-corrected chi connectivity index (χ1v) is 7.15. The molecule has 0 saturated carbocycles. The topological polar surface area (TPSA) is 34.9 Å². The molecule has 19 heavy (non-hydrogen) atoms. The van der Waals surface area contributed by atoms with Gasteiger partial charge in [-0.2, -0.15) is 5.10 Å². The zero-order valence-corrected chi connectivity index (χ0v) is 11.5. The molecule has 3 rings (SSSR count). The van der Waals surface area contributed by atoms with Gasteiger partial charge in [-0.1, -0.05) is 25.1 Å². The van der Waals surface area contributed by atoms with Gasteiger partial charge in [-0.25, -0.2) is 0 Å². The van der Waals surface area contributed by atoms with Crippen LogP contribution in [0.1, 0.15) is 23.7 Å². The van der Waals surface area contributed by atoms with Gasteiger partial charge in [0.15, 0.2) is 6.29 Å². The van der Waals surface area contributed by atoms with E-state index in [0.29, 0.717) is 5.56 Å². The Morgan fingerprint density at radius 3 is 2.95 bits per heavy atom. The van der Waals surface area contributed by atoms with E-state index in [1.807, 2.05) is 23.0 Å². The molecule has 0 fully saturated rings. The Labute approximate surface area is 115 Å². The molecule has 0 amide bonds. The summed E-state index contributed by atoms with van der Waals surface area (Å²) in [6.45, 7) is 2.94. The lowest BCUT2D eigenvalue weighted by molar-refractivity contribution is 0.112. The van der Waals surface area contributed by atoms with Crippen molar-refractivity contribution in [1.82, 2.24) is 9.78 Å². The smallest absolute Gasteiger partial charge is 0.153 e. The van der Waals surface area contributed by atoms with E-state index in [1.54, 1.807) is 11.3 Å². The summed E-state index contributed by atoms with van der Waals surface area (Å²) >= 11 is 1.68. The molecule has 0 aliphatic rings. The molecule has 0 radical (unpaired) electrons. The molecule has 4 heteroatoms. The van der Waals surface area contributed by atoms with Crippen molar-refractivity contribution in [2.24, 2.45) is 0 Å². The van der Waals surface area contributed by atoms with Crippen LogP contribution in [0, 0.1) is 0 Å². The number of carbonyl (C=O) groups excluding carboxylic acids is 1. The van der Waals surface area contributed by atoms with E-state index >= 15 is 0 Å². The van der Waals surface area contributed by atoms with Crippen molar-refractivity contribution in [3.63, 3.8) is 0 Å². The third-order valence-corrected chi connectivity index (χ3v) is 4.15. The van der Waals surface area contributed by atoms with Crippen molar-refractivity contribution in [3.8, 4) is 10.6 Å². The summed E-state index contributed by atoms with van der Waals surface area (Å²) in [6, 6.07) is 10.3. The molecule has 0 N–H and O–H groups in total. The second-order valence-corrected chi connectivity index (χ2v) is 5.55. The van der Waals surface area contributed by atoms with Crippen LogP contribution in [-0.2, 0) is 6.54 Å². The number of benzene rings is 1. The predicted octanol–water partition coefficient (Wildman–Crippen LogP) is 3.99. The molecule has 0 aliphatic carbocycles. The minimum absolute atomic E-state index is 0.667. The predicted molar refractivity (Wildman–Crippen MR) is 78.7 cm³/mol. The van der Waals surface area contributed by atoms with Crippen LogP contribution in [-0.4, -0.2) is 16.1 Å². The molecule has 0 bridgehead atoms. The highest BCUT2D eigenvalue weighted by molar-refractivity contribution is 7.22. The van der Waals surface area contributed by atoms with Crippen LogP contribution in [0.4, 0.5) is 0 Å². The molecular weight excluding hydrogens is 256 g/mol. The van der Waals surface area contributed by atoms with Crippen molar-refractivity contribution in [2.45, 2.75) is 19.9 Å². The van der Waals surface area contributed by atoms with E-state index in [2.05, 4.69) is 30.2 Å². The Morgan fingerprint density at radius 2 is 2.21 bits per heavy atom. The highest BCUT2D eigenvalue weighted by Crippen LogP contribution is 2.33. The molecule has 3 nitrogen and oxygen atoms in total. The lowest BCUT2D eigenvalue weighted by Crippen LogP contribution is -1.96. The molecule has 2 aromatic heterocycles. The maximum absolute atomic E-state index is 11.2. The molecule has 1 aromatic carbocycles. The van der Waals surface area contributed by atoms with E-state index in [9.17, 15) is 4.79 Å². The SMILES string of the molecule is CCCn1cc(C=O)c(-c2cc3ccccc3s2)n1. The summed E-state index contributed by atoms with van der Waals surface area (Å²) in [5.74, 6) is 0. The zero-order valence-electron chi connectivity index (χ0n) is 10.7.